The van der Waals surface area contributed by atoms with E-state index in [4.69, 9.17) is 28.2 Å². The van der Waals surface area contributed by atoms with Gasteiger partial charge >= 0.3 is 0 Å². The van der Waals surface area contributed by atoms with E-state index < -0.39 is 0 Å². The van der Waals surface area contributed by atoms with Crippen LogP contribution in [0.2, 0.25) is 10.0 Å². The summed E-state index contributed by atoms with van der Waals surface area (Å²) in [5.41, 5.74) is 3.53. The number of halogens is 2. The van der Waals surface area contributed by atoms with Crippen LogP contribution in [0.3, 0.4) is 0 Å². The van der Waals surface area contributed by atoms with Crippen LogP contribution in [0.15, 0.2) is 48.5 Å². The Bertz CT molecular complexity index is 1100. The van der Waals surface area contributed by atoms with Gasteiger partial charge in [0.1, 0.15) is 5.82 Å². The van der Waals surface area contributed by atoms with Crippen molar-refractivity contribution in [3.63, 3.8) is 0 Å². The monoisotopic (exact) mass is 455 g/mol. The minimum atomic E-state index is -0.0896. The molecule has 3 aromatic rings. The Morgan fingerprint density at radius 1 is 0.935 bits per heavy atom. The van der Waals surface area contributed by atoms with Crippen LogP contribution in [0.5, 0.6) is 0 Å². The molecule has 8 heteroatoms. The first-order valence-electron chi connectivity index (χ1n) is 10.1. The number of nitrogens with zero attached hydrogens (tertiary/aromatic N) is 4. The Morgan fingerprint density at radius 2 is 1.65 bits per heavy atom. The normalized spacial score (nSPS) is 13.9. The molecule has 1 aliphatic rings. The molecule has 4 rings (SSSR count). The molecule has 1 N–H and O–H groups in total. The third-order valence-electron chi connectivity index (χ3n) is 5.18. The molecule has 0 aliphatic carbocycles. The summed E-state index contributed by atoms with van der Waals surface area (Å²) in [5.74, 6) is 1.32. The third kappa shape index (κ3) is 5.09. The number of benzene rings is 2. The smallest absolute Gasteiger partial charge is 0.255 e. The summed E-state index contributed by atoms with van der Waals surface area (Å²) in [4.78, 5) is 26.0. The lowest BCUT2D eigenvalue weighted by Gasteiger charge is -2.35. The van der Waals surface area contributed by atoms with Crippen LogP contribution in [0.4, 0.5) is 17.5 Å². The molecule has 1 aliphatic heterocycles. The van der Waals surface area contributed by atoms with Crippen molar-refractivity contribution in [3.8, 4) is 0 Å². The van der Waals surface area contributed by atoms with E-state index in [-0.39, 0.29) is 5.91 Å². The van der Waals surface area contributed by atoms with Gasteiger partial charge in [-0.2, -0.15) is 4.98 Å². The summed E-state index contributed by atoms with van der Waals surface area (Å²) >= 11 is 12.2. The van der Waals surface area contributed by atoms with Gasteiger partial charge in [0.2, 0.25) is 5.95 Å². The molecule has 6 nitrogen and oxygen atoms in total. The number of aryl methyl sites for hydroxylation is 2. The van der Waals surface area contributed by atoms with Crippen molar-refractivity contribution in [3.05, 3.63) is 75.4 Å². The predicted molar refractivity (Wildman–Crippen MR) is 126 cm³/mol. The van der Waals surface area contributed by atoms with Crippen molar-refractivity contribution >= 4 is 46.6 Å². The Kier molecular flexibility index (Phi) is 6.30. The van der Waals surface area contributed by atoms with Gasteiger partial charge in [0.25, 0.3) is 5.91 Å². The molecule has 2 aromatic carbocycles. The maximum absolute atomic E-state index is 12.8. The standard InChI is InChI=1S/C23H23Cl2N5O/c1-15-3-6-18(7-4-15)27-21-13-16(2)26-23(28-21)30-11-9-29(10-12-30)22(31)19-8-5-17(24)14-20(19)25/h3-8,13-14H,9-12H2,1-2H3,(H,26,27,28). The first-order valence-corrected chi connectivity index (χ1v) is 10.8. The number of nitrogens with one attached hydrogen (secondary N) is 1. The molecule has 1 fully saturated rings. The second-order valence-corrected chi connectivity index (χ2v) is 8.43. The Labute approximate surface area is 191 Å². The quantitative estimate of drug-likeness (QED) is 0.592. The average Bonchev–Trinajstić information content (AvgIpc) is 2.75. The minimum Gasteiger partial charge on any atom is -0.340 e. The number of carbonyl (C=O) groups is 1. The van der Waals surface area contributed by atoms with E-state index in [0.717, 1.165) is 17.2 Å². The zero-order valence-corrected chi connectivity index (χ0v) is 18.9. The Morgan fingerprint density at radius 3 is 2.32 bits per heavy atom. The fourth-order valence-corrected chi connectivity index (χ4v) is 3.98. The van der Waals surface area contributed by atoms with E-state index >= 15 is 0 Å². The first kappa shape index (κ1) is 21.4. The molecule has 0 saturated carbocycles. The van der Waals surface area contributed by atoms with Crippen molar-refractivity contribution in [2.24, 2.45) is 0 Å². The van der Waals surface area contributed by atoms with Gasteiger partial charge in [-0.3, -0.25) is 4.79 Å². The lowest BCUT2D eigenvalue weighted by molar-refractivity contribution is 0.0746. The zero-order valence-electron chi connectivity index (χ0n) is 17.4. The zero-order chi connectivity index (χ0) is 22.0. The number of rotatable bonds is 4. The molecule has 1 amide bonds. The van der Waals surface area contributed by atoms with Crippen molar-refractivity contribution in [1.82, 2.24) is 14.9 Å². The highest BCUT2D eigenvalue weighted by Gasteiger charge is 2.25. The van der Waals surface area contributed by atoms with E-state index in [9.17, 15) is 4.79 Å². The lowest BCUT2D eigenvalue weighted by atomic mass is 10.2. The number of aromatic nitrogens is 2. The van der Waals surface area contributed by atoms with Gasteiger partial charge in [-0.05, 0) is 44.2 Å². The second kappa shape index (κ2) is 9.12. The van der Waals surface area contributed by atoms with Gasteiger partial charge in [0.05, 0.1) is 10.6 Å². The number of hydrogen-bond acceptors (Lipinski definition) is 5. The summed E-state index contributed by atoms with van der Waals surface area (Å²) in [5, 5.41) is 4.22. The summed E-state index contributed by atoms with van der Waals surface area (Å²) in [6.45, 7) is 6.43. The fourth-order valence-electron chi connectivity index (χ4n) is 3.49. The topological polar surface area (TPSA) is 61.4 Å². The maximum atomic E-state index is 12.8. The van der Waals surface area contributed by atoms with Crippen LogP contribution in [0.25, 0.3) is 0 Å². The number of anilines is 3. The fraction of sp³-hybridized carbons (Fsp3) is 0.261. The SMILES string of the molecule is Cc1ccc(Nc2cc(C)nc(N3CCN(C(=O)c4ccc(Cl)cc4Cl)CC3)n2)cc1. The lowest BCUT2D eigenvalue weighted by Crippen LogP contribution is -2.49. The predicted octanol–water partition coefficient (Wildman–Crippen LogP) is 5.11. The van der Waals surface area contributed by atoms with E-state index in [1.165, 1.54) is 5.56 Å². The van der Waals surface area contributed by atoms with Crippen LogP contribution >= 0.6 is 23.2 Å². The largest absolute Gasteiger partial charge is 0.340 e. The third-order valence-corrected chi connectivity index (χ3v) is 5.73. The average molecular weight is 456 g/mol. The van der Waals surface area contributed by atoms with E-state index in [0.29, 0.717) is 47.7 Å². The van der Waals surface area contributed by atoms with Crippen LogP contribution in [-0.2, 0) is 0 Å². The number of hydrogen-bond donors (Lipinski definition) is 1. The highest BCUT2D eigenvalue weighted by atomic mass is 35.5. The van der Waals surface area contributed by atoms with Crippen molar-refractivity contribution in [1.29, 1.82) is 0 Å². The summed E-state index contributed by atoms with van der Waals surface area (Å²) in [6, 6.07) is 15.0. The van der Waals surface area contributed by atoms with E-state index in [1.807, 2.05) is 25.1 Å². The van der Waals surface area contributed by atoms with Crippen LogP contribution in [-0.4, -0.2) is 47.0 Å². The maximum Gasteiger partial charge on any atom is 0.255 e. The number of carbonyl (C=O) groups excluding carboxylic acids is 1. The van der Waals surface area contributed by atoms with Crippen molar-refractivity contribution in [2.45, 2.75) is 13.8 Å². The summed E-state index contributed by atoms with van der Waals surface area (Å²) in [6.07, 6.45) is 0. The molecule has 2 heterocycles. The van der Waals surface area contributed by atoms with Crippen molar-refractivity contribution < 1.29 is 4.79 Å². The molecule has 160 valence electrons. The molecule has 0 spiro atoms. The molecule has 0 unspecified atom stereocenters. The molecule has 1 aromatic heterocycles. The minimum absolute atomic E-state index is 0.0896. The molecule has 0 atom stereocenters. The highest BCUT2D eigenvalue weighted by Crippen LogP contribution is 2.24. The van der Waals surface area contributed by atoms with E-state index in [1.54, 1.807) is 23.1 Å². The van der Waals surface area contributed by atoms with Crippen molar-refractivity contribution in [2.75, 3.05) is 36.4 Å². The molecule has 0 radical (unpaired) electrons. The Hall–Kier alpha value is -2.83. The first-order chi connectivity index (χ1) is 14.9. The van der Waals surface area contributed by atoms with Crippen LogP contribution in [0, 0.1) is 13.8 Å². The van der Waals surface area contributed by atoms with Crippen LogP contribution in [0.1, 0.15) is 21.6 Å². The molecular weight excluding hydrogens is 433 g/mol. The molecule has 31 heavy (non-hydrogen) atoms. The summed E-state index contributed by atoms with van der Waals surface area (Å²) < 4.78 is 0. The number of amides is 1. The molecular formula is C23H23Cl2N5O. The van der Waals surface area contributed by atoms with Gasteiger partial charge in [-0.15, -0.1) is 0 Å². The van der Waals surface area contributed by atoms with Gasteiger partial charge in [-0.1, -0.05) is 40.9 Å². The molecule has 0 bridgehead atoms. The second-order valence-electron chi connectivity index (χ2n) is 7.59. The van der Waals surface area contributed by atoms with E-state index in [2.05, 4.69) is 34.3 Å². The van der Waals surface area contributed by atoms with Gasteiger partial charge in [-0.25, -0.2) is 4.98 Å². The summed E-state index contributed by atoms with van der Waals surface area (Å²) in [7, 11) is 0. The highest BCUT2D eigenvalue weighted by molar-refractivity contribution is 6.36. The number of piperazine rings is 1. The van der Waals surface area contributed by atoms with Gasteiger partial charge in [0, 0.05) is 48.6 Å². The van der Waals surface area contributed by atoms with Gasteiger partial charge in [0.15, 0.2) is 0 Å². The van der Waals surface area contributed by atoms with Crippen LogP contribution < -0.4 is 10.2 Å². The van der Waals surface area contributed by atoms with Gasteiger partial charge < -0.3 is 15.1 Å². The Balaban J connectivity index is 1.44. The molecule has 1 saturated heterocycles.